The molecule has 1 atom stereocenters. The lowest BCUT2D eigenvalue weighted by atomic mass is 10.1. The van der Waals surface area contributed by atoms with E-state index in [9.17, 15) is 5.11 Å². The van der Waals surface area contributed by atoms with Gasteiger partial charge in [0.2, 0.25) is 0 Å². The van der Waals surface area contributed by atoms with Gasteiger partial charge in [-0.2, -0.15) is 0 Å². The highest BCUT2D eigenvalue weighted by Gasteiger charge is 2.24. The van der Waals surface area contributed by atoms with Crippen molar-refractivity contribution in [2.24, 2.45) is 5.92 Å². The van der Waals surface area contributed by atoms with E-state index in [1.807, 2.05) is 18.2 Å². The second kappa shape index (κ2) is 7.99. The molecular formula is C16H25ClN2O2. The molecule has 1 aromatic rings. The normalized spacial score (nSPS) is 19.3. The van der Waals surface area contributed by atoms with Crippen molar-refractivity contribution in [3.8, 4) is 0 Å². The van der Waals surface area contributed by atoms with Crippen LogP contribution in [0.1, 0.15) is 19.4 Å². The van der Waals surface area contributed by atoms with Crippen LogP contribution in [-0.2, 0) is 11.3 Å². The molecule has 2 rings (SSSR count). The highest BCUT2D eigenvalue weighted by Crippen LogP contribution is 2.27. The maximum atomic E-state index is 9.55. The Kier molecular flexibility index (Phi) is 6.30. The molecule has 0 aliphatic carbocycles. The van der Waals surface area contributed by atoms with Gasteiger partial charge in [0, 0.05) is 23.8 Å². The Morgan fingerprint density at radius 1 is 1.48 bits per heavy atom. The van der Waals surface area contributed by atoms with E-state index in [4.69, 9.17) is 16.3 Å². The van der Waals surface area contributed by atoms with Gasteiger partial charge in [0.15, 0.2) is 0 Å². The molecule has 21 heavy (non-hydrogen) atoms. The molecule has 1 aliphatic rings. The second-order valence-electron chi connectivity index (χ2n) is 5.90. The number of halogens is 1. The Balaban J connectivity index is 2.16. The van der Waals surface area contributed by atoms with E-state index in [0.717, 1.165) is 30.3 Å². The molecule has 0 aromatic heterocycles. The lowest BCUT2D eigenvalue weighted by molar-refractivity contribution is 0.0726. The fourth-order valence-electron chi connectivity index (χ4n) is 2.59. The van der Waals surface area contributed by atoms with Gasteiger partial charge in [-0.05, 0) is 36.2 Å². The molecule has 0 amide bonds. The highest BCUT2D eigenvalue weighted by molar-refractivity contribution is 6.30. The van der Waals surface area contributed by atoms with E-state index in [1.165, 1.54) is 5.56 Å². The molecule has 0 bridgehead atoms. The van der Waals surface area contributed by atoms with Crippen LogP contribution in [0.15, 0.2) is 18.2 Å². The van der Waals surface area contributed by atoms with Crippen molar-refractivity contribution in [3.63, 3.8) is 0 Å². The lowest BCUT2D eigenvalue weighted by Gasteiger charge is -2.37. The number of rotatable bonds is 6. The first-order valence-corrected chi connectivity index (χ1v) is 7.94. The fraction of sp³-hybridized carbons (Fsp3) is 0.625. The monoisotopic (exact) mass is 312 g/mol. The zero-order valence-corrected chi connectivity index (χ0v) is 13.6. The molecule has 1 aliphatic heterocycles. The minimum absolute atomic E-state index is 0.0174. The van der Waals surface area contributed by atoms with Gasteiger partial charge in [-0.3, -0.25) is 0 Å². The average molecular weight is 313 g/mol. The number of ether oxygens (including phenoxy) is 1. The summed E-state index contributed by atoms with van der Waals surface area (Å²) in [5.41, 5.74) is 2.31. The van der Waals surface area contributed by atoms with Crippen LogP contribution >= 0.6 is 11.6 Å². The minimum atomic E-state index is 0.0174. The van der Waals surface area contributed by atoms with Crippen molar-refractivity contribution >= 4 is 17.3 Å². The number of benzene rings is 1. The van der Waals surface area contributed by atoms with Crippen LogP contribution < -0.4 is 10.2 Å². The van der Waals surface area contributed by atoms with Crippen molar-refractivity contribution in [1.82, 2.24) is 5.32 Å². The Bertz CT molecular complexity index is 454. The second-order valence-corrected chi connectivity index (χ2v) is 6.34. The summed E-state index contributed by atoms with van der Waals surface area (Å²) < 4.78 is 5.46. The zero-order chi connectivity index (χ0) is 15.2. The van der Waals surface area contributed by atoms with E-state index < -0.39 is 0 Å². The Morgan fingerprint density at radius 3 is 3.00 bits per heavy atom. The molecule has 0 spiro atoms. The maximum absolute atomic E-state index is 9.55. The van der Waals surface area contributed by atoms with Crippen molar-refractivity contribution < 1.29 is 9.84 Å². The summed E-state index contributed by atoms with van der Waals surface area (Å²) in [5.74, 6) is 0.612. The van der Waals surface area contributed by atoms with Gasteiger partial charge < -0.3 is 20.1 Å². The molecule has 1 unspecified atom stereocenters. The standard InChI is InChI=1S/C16H25ClN2O2/c1-12(2)8-18-9-13-7-14(17)3-4-16(13)19-5-6-21-11-15(19)10-20/h3-4,7,12,15,18,20H,5-6,8-11H2,1-2H3. The number of aliphatic hydroxyl groups is 1. The van der Waals surface area contributed by atoms with Crippen molar-refractivity contribution in [2.75, 3.05) is 37.8 Å². The summed E-state index contributed by atoms with van der Waals surface area (Å²) in [5, 5.41) is 13.8. The zero-order valence-electron chi connectivity index (χ0n) is 12.8. The number of aliphatic hydroxyl groups excluding tert-OH is 1. The summed E-state index contributed by atoms with van der Waals surface area (Å²) in [6, 6.07) is 5.98. The van der Waals surface area contributed by atoms with Crippen LogP contribution in [0.2, 0.25) is 5.02 Å². The summed E-state index contributed by atoms with van der Waals surface area (Å²) in [6.07, 6.45) is 0. The van der Waals surface area contributed by atoms with Crippen LogP contribution in [0.4, 0.5) is 5.69 Å². The Morgan fingerprint density at radius 2 is 2.29 bits per heavy atom. The summed E-state index contributed by atoms with van der Waals surface area (Å²) in [7, 11) is 0. The third-order valence-electron chi connectivity index (χ3n) is 3.66. The number of nitrogens with one attached hydrogen (secondary N) is 1. The van der Waals surface area contributed by atoms with Crippen LogP contribution in [0, 0.1) is 5.92 Å². The molecular weight excluding hydrogens is 288 g/mol. The van der Waals surface area contributed by atoms with Gasteiger partial charge in [0.05, 0.1) is 25.9 Å². The van der Waals surface area contributed by atoms with Crippen LogP contribution in [-0.4, -0.2) is 44.1 Å². The van der Waals surface area contributed by atoms with Gasteiger partial charge in [-0.15, -0.1) is 0 Å². The van der Waals surface area contributed by atoms with Crippen molar-refractivity contribution in [2.45, 2.75) is 26.4 Å². The number of hydrogen-bond acceptors (Lipinski definition) is 4. The summed E-state index contributed by atoms with van der Waals surface area (Å²) in [4.78, 5) is 2.23. The minimum Gasteiger partial charge on any atom is -0.394 e. The first-order valence-electron chi connectivity index (χ1n) is 7.56. The maximum Gasteiger partial charge on any atom is 0.0755 e. The van der Waals surface area contributed by atoms with E-state index in [1.54, 1.807) is 0 Å². The van der Waals surface area contributed by atoms with E-state index in [-0.39, 0.29) is 12.6 Å². The van der Waals surface area contributed by atoms with Crippen molar-refractivity contribution in [3.05, 3.63) is 28.8 Å². The predicted octanol–water partition coefficient (Wildman–Crippen LogP) is 2.28. The first kappa shape index (κ1) is 16.6. The molecule has 118 valence electrons. The molecule has 5 heteroatoms. The Hall–Kier alpha value is -0.810. The molecule has 1 saturated heterocycles. The molecule has 1 fully saturated rings. The lowest BCUT2D eigenvalue weighted by Crippen LogP contribution is -2.48. The molecule has 2 N–H and O–H groups in total. The van der Waals surface area contributed by atoms with Gasteiger partial charge >= 0.3 is 0 Å². The Labute approximate surface area is 132 Å². The topological polar surface area (TPSA) is 44.7 Å². The number of nitrogens with zero attached hydrogens (tertiary/aromatic N) is 1. The molecule has 0 saturated carbocycles. The summed E-state index contributed by atoms with van der Waals surface area (Å²) >= 11 is 6.15. The quantitative estimate of drug-likeness (QED) is 0.846. The predicted molar refractivity (Wildman–Crippen MR) is 87.0 cm³/mol. The first-order chi connectivity index (χ1) is 10.1. The van der Waals surface area contributed by atoms with E-state index >= 15 is 0 Å². The third-order valence-corrected chi connectivity index (χ3v) is 3.89. The average Bonchev–Trinajstić information content (AvgIpc) is 2.47. The van der Waals surface area contributed by atoms with Gasteiger partial charge in [0.25, 0.3) is 0 Å². The fourth-order valence-corrected chi connectivity index (χ4v) is 2.79. The number of anilines is 1. The van der Waals surface area contributed by atoms with Gasteiger partial charge in [-0.1, -0.05) is 25.4 Å². The van der Waals surface area contributed by atoms with Crippen LogP contribution in [0.3, 0.4) is 0 Å². The van der Waals surface area contributed by atoms with Crippen molar-refractivity contribution in [1.29, 1.82) is 0 Å². The molecule has 0 radical (unpaired) electrons. The third kappa shape index (κ3) is 4.58. The number of morpholine rings is 1. The van der Waals surface area contributed by atoms with E-state index in [0.29, 0.717) is 19.1 Å². The van der Waals surface area contributed by atoms with E-state index in [2.05, 4.69) is 24.1 Å². The highest BCUT2D eigenvalue weighted by atomic mass is 35.5. The molecule has 4 nitrogen and oxygen atoms in total. The van der Waals surface area contributed by atoms with Gasteiger partial charge in [0.1, 0.15) is 0 Å². The van der Waals surface area contributed by atoms with Crippen LogP contribution in [0.5, 0.6) is 0 Å². The number of hydrogen-bond donors (Lipinski definition) is 2. The van der Waals surface area contributed by atoms with Crippen LogP contribution in [0.25, 0.3) is 0 Å². The molecule has 1 aromatic carbocycles. The smallest absolute Gasteiger partial charge is 0.0755 e. The molecule has 1 heterocycles. The summed E-state index contributed by atoms with van der Waals surface area (Å²) in [6.45, 7) is 8.29. The SMILES string of the molecule is CC(C)CNCc1cc(Cl)ccc1N1CCOCC1CO. The largest absolute Gasteiger partial charge is 0.394 e. The van der Waals surface area contributed by atoms with Gasteiger partial charge in [-0.25, -0.2) is 0 Å².